The molecule has 0 aromatic heterocycles. The molecule has 0 atom stereocenters. The van der Waals surface area contributed by atoms with E-state index in [9.17, 15) is 14.4 Å². The van der Waals surface area contributed by atoms with E-state index in [4.69, 9.17) is 10.6 Å². The zero-order valence-electron chi connectivity index (χ0n) is 15.1. The molecule has 0 aliphatic rings. The molecule has 0 unspecified atom stereocenters. The lowest BCUT2D eigenvalue weighted by Crippen LogP contribution is -2.43. The molecule has 12 heteroatoms. The van der Waals surface area contributed by atoms with Gasteiger partial charge in [-0.3, -0.25) is 19.3 Å². The number of azide groups is 1. The summed E-state index contributed by atoms with van der Waals surface area (Å²) in [5, 5.41) is 20.5. The standard InChI is InChI=1S/C16H22IN7O4/c17-12-1-3-13(4-2-12)22-14(25)9-19-7-8-24(11-16(27)28)10-15(26)20-5-6-21-23-18/h1-4,19H,5-11H2,(H,20,26)(H,22,25)(H,27,28). The molecule has 0 bridgehead atoms. The Labute approximate surface area is 175 Å². The van der Waals surface area contributed by atoms with Gasteiger partial charge in [-0.2, -0.15) is 0 Å². The van der Waals surface area contributed by atoms with Gasteiger partial charge in [-0.05, 0) is 52.4 Å². The van der Waals surface area contributed by atoms with Crippen LogP contribution in [-0.4, -0.2) is 73.6 Å². The van der Waals surface area contributed by atoms with E-state index < -0.39 is 5.97 Å². The van der Waals surface area contributed by atoms with Gasteiger partial charge < -0.3 is 21.1 Å². The highest BCUT2D eigenvalue weighted by Crippen LogP contribution is 2.10. The van der Waals surface area contributed by atoms with E-state index in [1.165, 1.54) is 4.90 Å². The zero-order chi connectivity index (χ0) is 20.8. The van der Waals surface area contributed by atoms with Crippen LogP contribution in [0.5, 0.6) is 0 Å². The average Bonchev–Trinajstić information content (AvgIpc) is 2.64. The number of hydrogen-bond donors (Lipinski definition) is 4. The van der Waals surface area contributed by atoms with Crippen LogP contribution in [0.25, 0.3) is 10.4 Å². The molecule has 0 fully saturated rings. The summed E-state index contributed by atoms with van der Waals surface area (Å²) in [5.41, 5.74) is 8.86. The minimum atomic E-state index is -1.06. The Morgan fingerprint density at radius 1 is 1.14 bits per heavy atom. The molecule has 1 rings (SSSR count). The molecule has 0 heterocycles. The molecular formula is C16H22IN7O4. The molecular weight excluding hydrogens is 481 g/mol. The van der Waals surface area contributed by atoms with E-state index in [2.05, 4.69) is 48.6 Å². The van der Waals surface area contributed by atoms with E-state index in [1.54, 1.807) is 12.1 Å². The Morgan fingerprint density at radius 2 is 1.86 bits per heavy atom. The summed E-state index contributed by atoms with van der Waals surface area (Å²) in [5.74, 6) is -1.65. The predicted molar refractivity (Wildman–Crippen MR) is 112 cm³/mol. The molecule has 4 N–H and O–H groups in total. The number of carbonyl (C=O) groups excluding carboxylic acids is 2. The number of benzene rings is 1. The van der Waals surface area contributed by atoms with Gasteiger partial charge in [-0.25, -0.2) is 0 Å². The highest BCUT2D eigenvalue weighted by atomic mass is 127. The van der Waals surface area contributed by atoms with Gasteiger partial charge in [0, 0.05) is 40.3 Å². The molecule has 0 aliphatic carbocycles. The number of rotatable bonds is 13. The maximum Gasteiger partial charge on any atom is 0.317 e. The molecule has 0 radical (unpaired) electrons. The summed E-state index contributed by atoms with van der Waals surface area (Å²) in [6.07, 6.45) is 0. The number of halogens is 1. The Bertz CT molecular complexity index is 707. The van der Waals surface area contributed by atoms with Gasteiger partial charge in [0.25, 0.3) is 0 Å². The highest BCUT2D eigenvalue weighted by molar-refractivity contribution is 14.1. The molecule has 1 aromatic carbocycles. The second-order valence-corrected chi connectivity index (χ2v) is 6.89. The lowest BCUT2D eigenvalue weighted by molar-refractivity contribution is -0.138. The van der Waals surface area contributed by atoms with Crippen molar-refractivity contribution < 1.29 is 19.5 Å². The van der Waals surface area contributed by atoms with Gasteiger partial charge in [0.1, 0.15) is 0 Å². The number of aliphatic carboxylic acids is 1. The molecule has 0 saturated carbocycles. The van der Waals surface area contributed by atoms with Crippen LogP contribution in [0.1, 0.15) is 0 Å². The quantitative estimate of drug-likeness (QED) is 0.102. The molecule has 11 nitrogen and oxygen atoms in total. The van der Waals surface area contributed by atoms with Crippen molar-refractivity contribution >= 4 is 46.1 Å². The number of nitrogens with zero attached hydrogens (tertiary/aromatic N) is 4. The minimum Gasteiger partial charge on any atom is -0.480 e. The smallest absolute Gasteiger partial charge is 0.317 e. The first-order valence-electron chi connectivity index (χ1n) is 8.38. The number of hydrogen-bond acceptors (Lipinski definition) is 6. The van der Waals surface area contributed by atoms with Crippen LogP contribution in [0.3, 0.4) is 0 Å². The fourth-order valence-electron chi connectivity index (χ4n) is 2.13. The Balaban J connectivity index is 2.32. The normalized spacial score (nSPS) is 10.2. The van der Waals surface area contributed by atoms with Gasteiger partial charge in [-0.1, -0.05) is 5.11 Å². The van der Waals surface area contributed by atoms with Gasteiger partial charge in [-0.15, -0.1) is 0 Å². The Kier molecular flexibility index (Phi) is 11.6. The second kappa shape index (κ2) is 13.7. The monoisotopic (exact) mass is 503 g/mol. The summed E-state index contributed by atoms with van der Waals surface area (Å²) in [4.78, 5) is 38.6. The summed E-state index contributed by atoms with van der Waals surface area (Å²) in [6.45, 7) is 0.552. The van der Waals surface area contributed by atoms with E-state index in [1.807, 2.05) is 12.1 Å². The van der Waals surface area contributed by atoms with Crippen molar-refractivity contribution in [3.05, 3.63) is 38.3 Å². The van der Waals surface area contributed by atoms with E-state index >= 15 is 0 Å². The molecule has 0 aliphatic heterocycles. The third kappa shape index (κ3) is 11.3. The number of carboxylic acid groups (broad SMARTS) is 1. The number of carboxylic acids is 1. The van der Waals surface area contributed by atoms with E-state index in [0.717, 1.165) is 3.57 Å². The SMILES string of the molecule is [N-]=[N+]=NCCNC(=O)CN(CCNCC(=O)Nc1ccc(I)cc1)CC(=O)O. The van der Waals surface area contributed by atoms with Crippen LogP contribution in [0.15, 0.2) is 29.4 Å². The maximum atomic E-state index is 11.9. The number of nitrogens with one attached hydrogen (secondary N) is 3. The lowest BCUT2D eigenvalue weighted by atomic mass is 10.3. The first kappa shape index (κ1) is 23.6. The van der Waals surface area contributed by atoms with Crippen molar-refractivity contribution in [1.29, 1.82) is 0 Å². The van der Waals surface area contributed by atoms with Crippen LogP contribution >= 0.6 is 22.6 Å². The number of anilines is 1. The fourth-order valence-corrected chi connectivity index (χ4v) is 2.49. The average molecular weight is 503 g/mol. The fraction of sp³-hybridized carbons (Fsp3) is 0.438. The summed E-state index contributed by atoms with van der Waals surface area (Å²) < 4.78 is 1.06. The van der Waals surface area contributed by atoms with Crippen molar-refractivity contribution in [2.45, 2.75) is 0 Å². The first-order valence-corrected chi connectivity index (χ1v) is 9.46. The maximum absolute atomic E-state index is 11.9. The molecule has 152 valence electrons. The van der Waals surface area contributed by atoms with Crippen LogP contribution < -0.4 is 16.0 Å². The molecule has 0 spiro atoms. The second-order valence-electron chi connectivity index (χ2n) is 5.64. The van der Waals surface area contributed by atoms with Gasteiger partial charge in [0.2, 0.25) is 11.8 Å². The number of amides is 2. The Hall–Kier alpha value is -2.41. The molecule has 2 amide bonds. The van der Waals surface area contributed by atoms with Gasteiger partial charge in [0.15, 0.2) is 0 Å². The molecule has 28 heavy (non-hydrogen) atoms. The minimum absolute atomic E-state index is 0.0608. The molecule has 1 aromatic rings. The first-order chi connectivity index (χ1) is 13.4. The van der Waals surface area contributed by atoms with Crippen LogP contribution in [0, 0.1) is 3.57 Å². The van der Waals surface area contributed by atoms with Gasteiger partial charge in [0.05, 0.1) is 19.6 Å². The van der Waals surface area contributed by atoms with Crippen LogP contribution in [0.2, 0.25) is 0 Å². The largest absolute Gasteiger partial charge is 0.480 e. The summed E-state index contributed by atoms with van der Waals surface area (Å²) >= 11 is 2.17. The van der Waals surface area contributed by atoms with Crippen molar-refractivity contribution in [3.63, 3.8) is 0 Å². The third-order valence-corrected chi connectivity index (χ3v) is 4.06. The summed E-state index contributed by atoms with van der Waals surface area (Å²) in [6, 6.07) is 7.36. The highest BCUT2D eigenvalue weighted by Gasteiger charge is 2.13. The zero-order valence-corrected chi connectivity index (χ0v) is 17.3. The van der Waals surface area contributed by atoms with Crippen molar-refractivity contribution in [1.82, 2.24) is 15.5 Å². The molecule has 0 saturated heterocycles. The van der Waals surface area contributed by atoms with Crippen LogP contribution in [0.4, 0.5) is 5.69 Å². The van der Waals surface area contributed by atoms with Crippen LogP contribution in [-0.2, 0) is 14.4 Å². The van der Waals surface area contributed by atoms with E-state index in [-0.39, 0.29) is 51.1 Å². The van der Waals surface area contributed by atoms with Gasteiger partial charge >= 0.3 is 5.97 Å². The topological polar surface area (TPSA) is 160 Å². The summed E-state index contributed by atoms with van der Waals surface area (Å²) in [7, 11) is 0. The number of carbonyl (C=O) groups is 3. The van der Waals surface area contributed by atoms with Crippen molar-refractivity contribution in [3.8, 4) is 0 Å². The Morgan fingerprint density at radius 3 is 2.50 bits per heavy atom. The van der Waals surface area contributed by atoms with E-state index in [0.29, 0.717) is 12.2 Å². The predicted octanol–water partition coefficient (Wildman–Crippen LogP) is 0.632. The van der Waals surface area contributed by atoms with Crippen molar-refractivity contribution in [2.75, 3.05) is 51.1 Å². The third-order valence-electron chi connectivity index (χ3n) is 3.34. The lowest BCUT2D eigenvalue weighted by Gasteiger charge is -2.19. The van der Waals surface area contributed by atoms with Crippen molar-refractivity contribution in [2.24, 2.45) is 5.11 Å².